The van der Waals surface area contributed by atoms with E-state index in [0.29, 0.717) is 5.56 Å². The first-order valence-corrected chi connectivity index (χ1v) is 9.58. The standard InChI is InChI=1S/C19H20N2O3S/c1-3-14-5-7-17(8-6-14)25(23,24)20-12-16-11-15-10-13(2)4-9-18(15)21-19(16)22/h4-11,20H,3,12H2,1-2H3,(H,21,22). The van der Waals surface area contributed by atoms with Crippen LogP contribution in [-0.2, 0) is 23.0 Å². The Hall–Kier alpha value is -2.44. The van der Waals surface area contributed by atoms with Crippen LogP contribution in [0.3, 0.4) is 0 Å². The molecule has 3 rings (SSSR count). The van der Waals surface area contributed by atoms with E-state index in [2.05, 4.69) is 9.71 Å². The van der Waals surface area contributed by atoms with E-state index < -0.39 is 10.0 Å². The van der Waals surface area contributed by atoms with Crippen molar-refractivity contribution in [2.75, 3.05) is 0 Å². The van der Waals surface area contributed by atoms with E-state index in [4.69, 9.17) is 0 Å². The molecule has 0 amide bonds. The van der Waals surface area contributed by atoms with E-state index in [-0.39, 0.29) is 17.0 Å². The molecule has 0 saturated heterocycles. The first-order chi connectivity index (χ1) is 11.9. The number of sulfonamides is 1. The summed E-state index contributed by atoms with van der Waals surface area (Å²) in [5.74, 6) is 0. The van der Waals surface area contributed by atoms with Crippen LogP contribution < -0.4 is 10.3 Å². The fraction of sp³-hybridized carbons (Fsp3) is 0.211. The average molecular weight is 356 g/mol. The molecule has 0 spiro atoms. The molecular formula is C19H20N2O3S. The van der Waals surface area contributed by atoms with Gasteiger partial charge in [0.15, 0.2) is 0 Å². The van der Waals surface area contributed by atoms with Crippen molar-refractivity contribution in [3.05, 3.63) is 75.6 Å². The number of benzene rings is 2. The van der Waals surface area contributed by atoms with E-state index >= 15 is 0 Å². The number of fused-ring (bicyclic) bond motifs is 1. The predicted octanol–water partition coefficient (Wildman–Crippen LogP) is 2.88. The van der Waals surface area contributed by atoms with Crippen LogP contribution >= 0.6 is 0 Å². The largest absolute Gasteiger partial charge is 0.322 e. The molecule has 2 N–H and O–H groups in total. The molecule has 1 aromatic heterocycles. The molecule has 0 fully saturated rings. The number of nitrogens with one attached hydrogen (secondary N) is 2. The number of rotatable bonds is 5. The van der Waals surface area contributed by atoms with Crippen LogP contribution in [0.25, 0.3) is 10.9 Å². The number of pyridine rings is 1. The van der Waals surface area contributed by atoms with Crippen molar-refractivity contribution >= 4 is 20.9 Å². The highest BCUT2D eigenvalue weighted by Crippen LogP contribution is 2.14. The maximum atomic E-state index is 12.4. The lowest BCUT2D eigenvalue weighted by molar-refractivity contribution is 0.581. The molecule has 0 aliphatic heterocycles. The monoisotopic (exact) mass is 356 g/mol. The van der Waals surface area contributed by atoms with Gasteiger partial charge in [-0.15, -0.1) is 0 Å². The van der Waals surface area contributed by atoms with Crippen LogP contribution in [0.4, 0.5) is 0 Å². The summed E-state index contributed by atoms with van der Waals surface area (Å²) in [6.45, 7) is 3.92. The molecule has 1 heterocycles. The molecule has 2 aromatic carbocycles. The Morgan fingerprint density at radius 1 is 1.04 bits per heavy atom. The highest BCUT2D eigenvalue weighted by atomic mass is 32.2. The fourth-order valence-electron chi connectivity index (χ4n) is 2.66. The molecule has 0 saturated carbocycles. The summed E-state index contributed by atoms with van der Waals surface area (Å²) in [6.07, 6.45) is 0.847. The third kappa shape index (κ3) is 3.81. The summed E-state index contributed by atoms with van der Waals surface area (Å²) in [5, 5.41) is 0.876. The van der Waals surface area contributed by atoms with Crippen molar-refractivity contribution in [1.82, 2.24) is 9.71 Å². The lowest BCUT2D eigenvalue weighted by Gasteiger charge is -2.08. The molecule has 0 unspecified atom stereocenters. The average Bonchev–Trinajstić information content (AvgIpc) is 2.60. The van der Waals surface area contributed by atoms with E-state index in [1.807, 2.05) is 32.0 Å². The van der Waals surface area contributed by atoms with Gasteiger partial charge < -0.3 is 4.98 Å². The van der Waals surface area contributed by atoms with E-state index in [1.165, 1.54) is 0 Å². The second-order valence-corrected chi connectivity index (χ2v) is 7.80. The Labute approximate surface area is 146 Å². The number of hydrogen-bond donors (Lipinski definition) is 2. The molecule has 3 aromatic rings. The van der Waals surface area contributed by atoms with E-state index in [9.17, 15) is 13.2 Å². The molecule has 0 aliphatic carbocycles. The zero-order valence-electron chi connectivity index (χ0n) is 14.2. The first kappa shape index (κ1) is 17.4. The highest BCUT2D eigenvalue weighted by molar-refractivity contribution is 7.89. The van der Waals surface area contributed by atoms with Gasteiger partial charge in [0, 0.05) is 17.6 Å². The summed E-state index contributed by atoms with van der Waals surface area (Å²) >= 11 is 0. The summed E-state index contributed by atoms with van der Waals surface area (Å²) < 4.78 is 27.3. The second-order valence-electron chi connectivity index (χ2n) is 6.04. The minimum Gasteiger partial charge on any atom is -0.322 e. The topological polar surface area (TPSA) is 79.0 Å². The number of aromatic nitrogens is 1. The molecule has 0 aliphatic rings. The third-order valence-electron chi connectivity index (χ3n) is 4.17. The van der Waals surface area contributed by atoms with Crippen molar-refractivity contribution < 1.29 is 8.42 Å². The first-order valence-electron chi connectivity index (χ1n) is 8.10. The quantitative estimate of drug-likeness (QED) is 0.738. The second kappa shape index (κ2) is 6.82. The van der Waals surface area contributed by atoms with Crippen molar-refractivity contribution in [3.63, 3.8) is 0 Å². The van der Waals surface area contributed by atoms with Crippen molar-refractivity contribution in [1.29, 1.82) is 0 Å². The SMILES string of the molecule is CCc1ccc(S(=O)(=O)NCc2cc3cc(C)ccc3[nH]c2=O)cc1. The molecule has 5 nitrogen and oxygen atoms in total. The zero-order chi connectivity index (χ0) is 18.0. The summed E-state index contributed by atoms with van der Waals surface area (Å²) in [6, 6.07) is 14.2. The van der Waals surface area contributed by atoms with Gasteiger partial charge in [-0.05, 0) is 54.6 Å². The molecule has 0 atom stereocenters. The van der Waals surface area contributed by atoms with Crippen LogP contribution in [0.15, 0.2) is 58.2 Å². The summed E-state index contributed by atoms with van der Waals surface area (Å²) in [5.41, 5.74) is 2.96. The van der Waals surface area contributed by atoms with Crippen molar-refractivity contribution in [3.8, 4) is 0 Å². The van der Waals surface area contributed by atoms with Gasteiger partial charge in [-0.1, -0.05) is 30.7 Å². The molecule has 6 heteroatoms. The molecule has 0 bridgehead atoms. The Bertz CT molecular complexity index is 1070. The minimum atomic E-state index is -3.66. The van der Waals surface area contributed by atoms with Gasteiger partial charge in [0.2, 0.25) is 10.0 Å². The lowest BCUT2D eigenvalue weighted by atomic mass is 10.1. The van der Waals surface area contributed by atoms with Crippen molar-refractivity contribution in [2.24, 2.45) is 0 Å². The number of H-pyrrole nitrogens is 1. The van der Waals surface area contributed by atoms with Crippen molar-refractivity contribution in [2.45, 2.75) is 31.7 Å². The molecule has 130 valence electrons. The van der Waals surface area contributed by atoms with Gasteiger partial charge in [0.05, 0.1) is 4.90 Å². The maximum absolute atomic E-state index is 12.4. The zero-order valence-corrected chi connectivity index (χ0v) is 15.0. The molecular weight excluding hydrogens is 336 g/mol. The number of aryl methyl sites for hydroxylation is 2. The Balaban J connectivity index is 1.85. The van der Waals surface area contributed by atoms with Crippen LogP contribution in [0, 0.1) is 6.92 Å². The smallest absolute Gasteiger partial charge is 0.252 e. The van der Waals surface area contributed by atoms with E-state index in [0.717, 1.165) is 28.5 Å². The maximum Gasteiger partial charge on any atom is 0.252 e. The molecule has 25 heavy (non-hydrogen) atoms. The Kier molecular flexibility index (Phi) is 4.74. The van der Waals surface area contributed by atoms with Gasteiger partial charge in [0.1, 0.15) is 0 Å². The lowest BCUT2D eigenvalue weighted by Crippen LogP contribution is -2.27. The van der Waals surface area contributed by atoms with Gasteiger partial charge in [0.25, 0.3) is 5.56 Å². The van der Waals surface area contributed by atoms with Crippen LogP contribution in [0.1, 0.15) is 23.6 Å². The van der Waals surface area contributed by atoms with Gasteiger partial charge in [-0.2, -0.15) is 0 Å². The van der Waals surface area contributed by atoms with Crippen LogP contribution in [0.5, 0.6) is 0 Å². The van der Waals surface area contributed by atoms with Gasteiger partial charge in [-0.25, -0.2) is 13.1 Å². The summed E-state index contributed by atoms with van der Waals surface area (Å²) in [7, 11) is -3.66. The minimum absolute atomic E-state index is 0.0585. The van der Waals surface area contributed by atoms with Crippen LogP contribution in [0.2, 0.25) is 0 Å². The Morgan fingerprint density at radius 3 is 2.44 bits per heavy atom. The number of aromatic amines is 1. The summed E-state index contributed by atoms with van der Waals surface area (Å²) in [4.78, 5) is 15.1. The predicted molar refractivity (Wildman–Crippen MR) is 99.2 cm³/mol. The molecule has 0 radical (unpaired) electrons. The fourth-order valence-corrected chi connectivity index (χ4v) is 3.67. The Morgan fingerprint density at radius 2 is 1.76 bits per heavy atom. The third-order valence-corrected chi connectivity index (χ3v) is 5.59. The van der Waals surface area contributed by atoms with Gasteiger partial charge >= 0.3 is 0 Å². The highest BCUT2D eigenvalue weighted by Gasteiger charge is 2.14. The van der Waals surface area contributed by atoms with E-state index in [1.54, 1.807) is 30.3 Å². The van der Waals surface area contributed by atoms with Gasteiger partial charge in [-0.3, -0.25) is 4.79 Å². The van der Waals surface area contributed by atoms with Crippen LogP contribution in [-0.4, -0.2) is 13.4 Å². The normalized spacial score (nSPS) is 11.8. The number of hydrogen-bond acceptors (Lipinski definition) is 3.